The lowest BCUT2D eigenvalue weighted by atomic mass is 9.94. The zero-order valence-corrected chi connectivity index (χ0v) is 20.5. The van der Waals surface area contributed by atoms with Gasteiger partial charge in [-0.15, -0.1) is 0 Å². The summed E-state index contributed by atoms with van der Waals surface area (Å²) in [6.45, 7) is 2.31. The number of likely N-dealkylation sites (tertiary alicyclic amines) is 1. The highest BCUT2D eigenvalue weighted by atomic mass is 19.4. The molecule has 10 heteroatoms. The van der Waals surface area contributed by atoms with E-state index in [1.54, 1.807) is 6.07 Å². The molecule has 0 radical (unpaired) electrons. The van der Waals surface area contributed by atoms with Crippen molar-refractivity contribution in [3.63, 3.8) is 0 Å². The highest BCUT2D eigenvalue weighted by molar-refractivity contribution is 5.52. The van der Waals surface area contributed by atoms with Gasteiger partial charge in [0.1, 0.15) is 12.4 Å². The van der Waals surface area contributed by atoms with Gasteiger partial charge in [0, 0.05) is 24.6 Å². The third-order valence-corrected chi connectivity index (χ3v) is 7.66. The molecule has 0 bridgehead atoms. The maximum atomic E-state index is 13.7. The lowest BCUT2D eigenvalue weighted by Gasteiger charge is -2.38. The Morgan fingerprint density at radius 3 is 2.64 bits per heavy atom. The minimum Gasteiger partial charge on any atom is -0.462 e. The van der Waals surface area contributed by atoms with Crippen molar-refractivity contribution < 1.29 is 27.8 Å². The van der Waals surface area contributed by atoms with Crippen LogP contribution in [0, 0.1) is 0 Å². The van der Waals surface area contributed by atoms with Gasteiger partial charge in [0.15, 0.2) is 0 Å². The number of halogens is 3. The number of aliphatic hydroxyl groups excluding tert-OH is 1. The molecular formula is C26H33F3N4O3. The van der Waals surface area contributed by atoms with E-state index >= 15 is 0 Å². The van der Waals surface area contributed by atoms with Gasteiger partial charge in [-0.05, 0) is 57.3 Å². The first-order valence-corrected chi connectivity index (χ1v) is 12.7. The first-order valence-electron chi connectivity index (χ1n) is 12.7. The van der Waals surface area contributed by atoms with Crippen molar-refractivity contribution in [2.75, 3.05) is 38.3 Å². The maximum absolute atomic E-state index is 13.7. The number of aromatic nitrogens is 2. The van der Waals surface area contributed by atoms with E-state index in [4.69, 9.17) is 14.5 Å². The number of rotatable bonds is 6. The highest BCUT2D eigenvalue weighted by Crippen LogP contribution is 2.41. The van der Waals surface area contributed by atoms with Gasteiger partial charge in [-0.2, -0.15) is 23.1 Å². The van der Waals surface area contributed by atoms with Crippen molar-refractivity contribution >= 4 is 5.82 Å². The second-order valence-corrected chi connectivity index (χ2v) is 9.96. The summed E-state index contributed by atoms with van der Waals surface area (Å²) in [6.07, 6.45) is -0.0554. The molecule has 0 aliphatic carbocycles. The summed E-state index contributed by atoms with van der Waals surface area (Å²) in [7, 11) is 2.07. The maximum Gasteiger partial charge on any atom is 0.416 e. The molecule has 3 atom stereocenters. The minimum atomic E-state index is -4.47. The van der Waals surface area contributed by atoms with Gasteiger partial charge in [-0.3, -0.25) is 0 Å². The molecule has 3 aliphatic rings. The van der Waals surface area contributed by atoms with Crippen molar-refractivity contribution in [3.8, 4) is 6.01 Å². The Morgan fingerprint density at radius 2 is 1.89 bits per heavy atom. The molecule has 196 valence electrons. The monoisotopic (exact) mass is 506 g/mol. The number of ether oxygens (including phenoxy) is 2. The van der Waals surface area contributed by atoms with Crippen molar-refractivity contribution in [1.29, 1.82) is 0 Å². The molecule has 1 aromatic heterocycles. The van der Waals surface area contributed by atoms with E-state index in [1.807, 2.05) is 0 Å². The van der Waals surface area contributed by atoms with E-state index in [9.17, 15) is 18.3 Å². The summed E-state index contributed by atoms with van der Waals surface area (Å²) in [4.78, 5) is 13.8. The smallest absolute Gasteiger partial charge is 0.416 e. The number of piperidine rings is 1. The molecule has 1 N–H and O–H groups in total. The summed E-state index contributed by atoms with van der Waals surface area (Å²) in [5.74, 6) is 0.663. The van der Waals surface area contributed by atoms with Gasteiger partial charge >= 0.3 is 12.2 Å². The number of alkyl halides is 3. The van der Waals surface area contributed by atoms with Gasteiger partial charge in [0.25, 0.3) is 0 Å². The number of aliphatic hydroxyl groups is 1. The number of anilines is 1. The van der Waals surface area contributed by atoms with Crippen LogP contribution in [0.1, 0.15) is 60.6 Å². The molecule has 2 aromatic rings. The van der Waals surface area contributed by atoms with Crippen LogP contribution in [0.25, 0.3) is 0 Å². The molecule has 3 aliphatic heterocycles. The standard InChI is InChI=1S/C26H33F3N4O3/c1-32-11-6-8-18(32)15-36-25-30-22-13-23(19-9-2-3-10-21(19)26(27,28)29)35-16-20(22)24(31-25)33-12-5-4-7-17(33)14-34/h2-3,9-10,17-18,23,34H,4-8,11-16H2,1H3/t17-,18?,23?/m1/s1. The third kappa shape index (κ3) is 5.17. The van der Waals surface area contributed by atoms with Crippen molar-refractivity contribution in [3.05, 3.63) is 46.6 Å². The number of hydrogen-bond donors (Lipinski definition) is 1. The predicted molar refractivity (Wildman–Crippen MR) is 128 cm³/mol. The molecule has 36 heavy (non-hydrogen) atoms. The molecule has 4 heterocycles. The van der Waals surface area contributed by atoms with Gasteiger partial charge in [-0.25, -0.2) is 0 Å². The quantitative estimate of drug-likeness (QED) is 0.632. The van der Waals surface area contributed by atoms with E-state index in [0.717, 1.165) is 56.8 Å². The average Bonchev–Trinajstić information content (AvgIpc) is 3.30. The molecule has 2 saturated heterocycles. The van der Waals surface area contributed by atoms with Crippen LogP contribution in [0.3, 0.4) is 0 Å². The fourth-order valence-corrected chi connectivity index (χ4v) is 5.60. The summed E-state index contributed by atoms with van der Waals surface area (Å²) < 4.78 is 53.2. The lowest BCUT2D eigenvalue weighted by Crippen LogP contribution is -2.43. The lowest BCUT2D eigenvalue weighted by molar-refractivity contribution is -0.139. The van der Waals surface area contributed by atoms with Crippen molar-refractivity contribution in [1.82, 2.24) is 14.9 Å². The zero-order chi connectivity index (χ0) is 25.3. The number of nitrogens with zero attached hydrogens (tertiary/aromatic N) is 4. The Kier molecular flexibility index (Phi) is 7.37. The predicted octanol–water partition coefficient (Wildman–Crippen LogP) is 4.13. The molecule has 0 spiro atoms. The SMILES string of the molecule is CN1CCCC1COc1nc2c(c(N3CCCC[C@@H]3CO)n1)COC(c1ccccc1C(F)(F)F)C2. The Balaban J connectivity index is 1.48. The van der Waals surface area contributed by atoms with Crippen LogP contribution in [0.5, 0.6) is 6.01 Å². The second kappa shape index (κ2) is 10.5. The van der Waals surface area contributed by atoms with Crippen LogP contribution < -0.4 is 9.64 Å². The third-order valence-electron chi connectivity index (χ3n) is 7.66. The van der Waals surface area contributed by atoms with Crippen LogP contribution in [-0.2, 0) is 23.9 Å². The molecular weight excluding hydrogens is 473 g/mol. The highest BCUT2D eigenvalue weighted by Gasteiger charge is 2.38. The topological polar surface area (TPSA) is 71.0 Å². The molecule has 0 amide bonds. The van der Waals surface area contributed by atoms with Crippen LogP contribution in [-0.4, -0.2) is 65.4 Å². The first-order chi connectivity index (χ1) is 17.3. The summed E-state index contributed by atoms with van der Waals surface area (Å²) >= 11 is 0. The number of hydrogen-bond acceptors (Lipinski definition) is 7. The molecule has 2 fully saturated rings. The van der Waals surface area contributed by atoms with Crippen LogP contribution in [0.15, 0.2) is 24.3 Å². The fraction of sp³-hybridized carbons (Fsp3) is 0.615. The van der Waals surface area contributed by atoms with E-state index in [-0.39, 0.29) is 43.3 Å². The summed E-state index contributed by atoms with van der Waals surface area (Å²) in [5.41, 5.74) is 0.827. The molecule has 1 aromatic carbocycles. The number of likely N-dealkylation sites (N-methyl/N-ethyl adjacent to an activating group) is 1. The van der Waals surface area contributed by atoms with Crippen molar-refractivity contribution in [2.45, 2.75) is 69.5 Å². The largest absolute Gasteiger partial charge is 0.462 e. The Labute approximate surface area is 209 Å². The minimum absolute atomic E-state index is 0.00424. The van der Waals surface area contributed by atoms with E-state index in [0.29, 0.717) is 18.1 Å². The Morgan fingerprint density at radius 1 is 1.08 bits per heavy atom. The van der Waals surface area contributed by atoms with Gasteiger partial charge in [0.2, 0.25) is 0 Å². The van der Waals surface area contributed by atoms with Crippen LogP contribution >= 0.6 is 0 Å². The normalized spacial score (nSPS) is 25.1. The van der Waals surface area contributed by atoms with E-state index < -0.39 is 17.8 Å². The van der Waals surface area contributed by atoms with E-state index in [1.165, 1.54) is 12.1 Å². The molecule has 5 rings (SSSR count). The average molecular weight is 507 g/mol. The Bertz CT molecular complexity index is 1070. The summed E-state index contributed by atoms with van der Waals surface area (Å²) in [5, 5.41) is 10.0. The van der Waals surface area contributed by atoms with Gasteiger partial charge < -0.3 is 24.4 Å². The molecule has 2 unspecified atom stereocenters. The zero-order valence-electron chi connectivity index (χ0n) is 20.5. The first kappa shape index (κ1) is 25.2. The molecule has 0 saturated carbocycles. The van der Waals surface area contributed by atoms with Gasteiger partial charge in [0.05, 0.1) is 36.6 Å². The Hall–Kier alpha value is -2.43. The van der Waals surface area contributed by atoms with Crippen LogP contribution in [0.2, 0.25) is 0 Å². The number of benzene rings is 1. The summed E-state index contributed by atoms with van der Waals surface area (Å²) in [6, 6.07) is 5.99. The number of fused-ring (bicyclic) bond motifs is 1. The molecule has 7 nitrogen and oxygen atoms in total. The fourth-order valence-electron chi connectivity index (χ4n) is 5.60. The van der Waals surface area contributed by atoms with Gasteiger partial charge in [-0.1, -0.05) is 18.2 Å². The van der Waals surface area contributed by atoms with Crippen LogP contribution in [0.4, 0.5) is 19.0 Å². The van der Waals surface area contributed by atoms with Crippen molar-refractivity contribution in [2.24, 2.45) is 0 Å². The van der Waals surface area contributed by atoms with E-state index in [2.05, 4.69) is 21.8 Å². The second-order valence-electron chi connectivity index (χ2n) is 9.96.